The van der Waals surface area contributed by atoms with Crippen molar-refractivity contribution in [3.63, 3.8) is 0 Å². The van der Waals surface area contributed by atoms with Crippen LogP contribution in [-0.2, 0) is 0 Å². The van der Waals surface area contributed by atoms with Crippen LogP contribution in [0.1, 0.15) is 105 Å². The number of aliphatic hydroxyl groups is 1. The van der Waals surface area contributed by atoms with Gasteiger partial charge in [0.15, 0.2) is 0 Å². The minimum absolute atomic E-state index is 0.0538. The Morgan fingerprint density at radius 1 is 1.11 bits per heavy atom. The van der Waals surface area contributed by atoms with Crippen molar-refractivity contribution in [2.75, 3.05) is 0 Å². The second-order valence-electron chi connectivity index (χ2n) is 11.5. The maximum atomic E-state index is 11.2. The lowest BCUT2D eigenvalue weighted by Gasteiger charge is -2.64. The van der Waals surface area contributed by atoms with Gasteiger partial charge in [0, 0.05) is 0 Å². The third-order valence-corrected chi connectivity index (χ3v) is 9.84. The van der Waals surface area contributed by atoms with Gasteiger partial charge in [-0.25, -0.2) is 0 Å². The van der Waals surface area contributed by atoms with E-state index in [0.717, 1.165) is 24.2 Å². The Labute approximate surface area is 174 Å². The van der Waals surface area contributed by atoms with E-state index < -0.39 is 0 Å². The molecular weight excluding hydrogens is 340 g/mol. The Kier molecular flexibility index (Phi) is 5.62. The lowest BCUT2D eigenvalue weighted by atomic mass is 9.40. The molecule has 3 fully saturated rings. The molecule has 0 aromatic rings. The van der Waals surface area contributed by atoms with Gasteiger partial charge in [0.25, 0.3) is 0 Å². The Bertz CT molecular complexity index is 653. The van der Waals surface area contributed by atoms with Crippen molar-refractivity contribution in [1.29, 1.82) is 0 Å². The van der Waals surface area contributed by atoms with Gasteiger partial charge in [-0.2, -0.15) is 0 Å². The Hall–Kier alpha value is -0.560. The molecule has 4 rings (SSSR count). The third-order valence-electron chi connectivity index (χ3n) is 9.84. The summed E-state index contributed by atoms with van der Waals surface area (Å²) in [5.41, 5.74) is 5.85. The van der Waals surface area contributed by atoms with Crippen LogP contribution in [0.2, 0.25) is 0 Å². The van der Waals surface area contributed by atoms with E-state index in [4.69, 9.17) is 0 Å². The van der Waals surface area contributed by atoms with Gasteiger partial charge < -0.3 is 5.11 Å². The van der Waals surface area contributed by atoms with Gasteiger partial charge in [-0.05, 0) is 99.7 Å². The molecule has 1 nitrogen and oxygen atoms in total. The molecule has 0 aromatic heterocycles. The lowest BCUT2D eigenvalue weighted by molar-refractivity contribution is -0.145. The van der Waals surface area contributed by atoms with Crippen LogP contribution in [0.4, 0.5) is 0 Å². The van der Waals surface area contributed by atoms with Crippen LogP contribution in [-0.4, -0.2) is 11.2 Å². The van der Waals surface area contributed by atoms with Crippen molar-refractivity contribution in [3.8, 4) is 0 Å². The molecule has 4 aliphatic rings. The van der Waals surface area contributed by atoms with Crippen LogP contribution in [0.5, 0.6) is 0 Å². The second-order valence-corrected chi connectivity index (χ2v) is 11.5. The van der Waals surface area contributed by atoms with Crippen molar-refractivity contribution in [2.45, 2.75) is 111 Å². The molecule has 0 unspecified atom stereocenters. The number of fused-ring (bicyclic) bond motifs is 6. The van der Waals surface area contributed by atoms with E-state index in [-0.39, 0.29) is 6.10 Å². The molecule has 1 N–H and O–H groups in total. The molecule has 0 bridgehead atoms. The zero-order valence-corrected chi connectivity index (χ0v) is 19.2. The number of hydrogen-bond donors (Lipinski definition) is 1. The fourth-order valence-electron chi connectivity index (χ4n) is 8.36. The molecule has 3 saturated carbocycles. The van der Waals surface area contributed by atoms with Crippen LogP contribution in [0.3, 0.4) is 0 Å². The minimum atomic E-state index is -0.0538. The zero-order chi connectivity index (χ0) is 20.1. The van der Waals surface area contributed by atoms with Gasteiger partial charge in [0.1, 0.15) is 0 Å². The van der Waals surface area contributed by atoms with Gasteiger partial charge in [-0.3, -0.25) is 0 Å². The summed E-state index contributed by atoms with van der Waals surface area (Å²) in [6.07, 6.45) is 16.7. The van der Waals surface area contributed by atoms with Gasteiger partial charge in [0.05, 0.1) is 6.10 Å². The predicted molar refractivity (Wildman–Crippen MR) is 119 cm³/mol. The van der Waals surface area contributed by atoms with Gasteiger partial charge in [-0.1, -0.05) is 62.8 Å². The van der Waals surface area contributed by atoms with Crippen molar-refractivity contribution in [3.05, 3.63) is 22.8 Å². The molecule has 7 atom stereocenters. The maximum absolute atomic E-state index is 11.2. The van der Waals surface area contributed by atoms with E-state index in [1.54, 1.807) is 0 Å². The first-order valence-corrected chi connectivity index (χ1v) is 12.3. The molecule has 0 saturated heterocycles. The summed E-state index contributed by atoms with van der Waals surface area (Å²) in [5, 5.41) is 11.2. The largest absolute Gasteiger partial charge is 0.393 e. The van der Waals surface area contributed by atoms with Crippen molar-refractivity contribution in [1.82, 2.24) is 0 Å². The monoisotopic (exact) mass is 384 g/mol. The van der Waals surface area contributed by atoms with Crippen LogP contribution >= 0.6 is 0 Å². The standard InChI is InChI=1S/C27H44O/c1-18(2)10-8-11-19(3)20-15-17-27(5)24(20)21-12-6-7-13-22(21)25-23(28)14-9-16-26(25,27)4/h10,19,21-23,25,28H,6-9,11-17H2,1-5H3/t19-,21-,22-,23-,25-,26-,27-/m1/s1. The molecule has 0 amide bonds. The molecule has 158 valence electrons. The number of rotatable bonds is 4. The summed E-state index contributed by atoms with van der Waals surface area (Å²) in [6.45, 7) is 12.2. The van der Waals surface area contributed by atoms with Crippen molar-refractivity contribution >= 4 is 0 Å². The molecule has 0 heterocycles. The Balaban J connectivity index is 1.74. The molecule has 1 heteroatoms. The zero-order valence-electron chi connectivity index (χ0n) is 19.2. The van der Waals surface area contributed by atoms with Gasteiger partial charge >= 0.3 is 0 Å². The van der Waals surface area contributed by atoms with Gasteiger partial charge in [-0.15, -0.1) is 0 Å². The lowest BCUT2D eigenvalue weighted by Crippen LogP contribution is -2.59. The fraction of sp³-hybridized carbons (Fsp3) is 0.852. The third kappa shape index (κ3) is 3.06. The van der Waals surface area contributed by atoms with Crippen molar-refractivity contribution in [2.24, 2.45) is 34.5 Å². The SMILES string of the molecule is CC(C)=CCC[C@@H](C)C1=C2[C@@H]3CCCC[C@H]3[C@@H]3[C@H](O)CCC[C@@]3(C)[C@]2(C)CC1. The number of hydrogen-bond acceptors (Lipinski definition) is 1. The molecule has 0 aliphatic heterocycles. The highest BCUT2D eigenvalue weighted by Crippen LogP contribution is 2.71. The quantitative estimate of drug-likeness (QED) is 0.499. The molecule has 28 heavy (non-hydrogen) atoms. The highest BCUT2D eigenvalue weighted by atomic mass is 16.3. The summed E-state index contributed by atoms with van der Waals surface area (Å²) in [7, 11) is 0. The highest BCUT2D eigenvalue weighted by Gasteiger charge is 2.64. The molecule has 0 spiro atoms. The minimum Gasteiger partial charge on any atom is -0.393 e. The fourth-order valence-corrected chi connectivity index (χ4v) is 8.36. The van der Waals surface area contributed by atoms with E-state index in [9.17, 15) is 5.11 Å². The van der Waals surface area contributed by atoms with E-state index in [0.29, 0.717) is 16.7 Å². The average Bonchev–Trinajstić information content (AvgIpc) is 3.01. The van der Waals surface area contributed by atoms with E-state index in [1.165, 1.54) is 69.8 Å². The van der Waals surface area contributed by atoms with Crippen LogP contribution in [0.25, 0.3) is 0 Å². The Morgan fingerprint density at radius 3 is 2.61 bits per heavy atom. The van der Waals surface area contributed by atoms with E-state index >= 15 is 0 Å². The van der Waals surface area contributed by atoms with E-state index in [1.807, 2.05) is 11.1 Å². The van der Waals surface area contributed by atoms with Crippen LogP contribution < -0.4 is 0 Å². The first kappa shape index (κ1) is 20.7. The summed E-state index contributed by atoms with van der Waals surface area (Å²) in [6, 6.07) is 0. The highest BCUT2D eigenvalue weighted by molar-refractivity contribution is 5.38. The average molecular weight is 385 g/mol. The Morgan fingerprint density at radius 2 is 1.86 bits per heavy atom. The van der Waals surface area contributed by atoms with Crippen LogP contribution in [0.15, 0.2) is 22.8 Å². The summed E-state index contributed by atoms with van der Waals surface area (Å²) < 4.78 is 0. The molecular formula is C27H44O. The van der Waals surface area contributed by atoms with Gasteiger partial charge in [0.2, 0.25) is 0 Å². The molecule has 0 aromatic carbocycles. The molecule has 0 radical (unpaired) electrons. The van der Waals surface area contributed by atoms with Crippen LogP contribution in [0, 0.1) is 34.5 Å². The number of aliphatic hydroxyl groups excluding tert-OH is 1. The first-order valence-electron chi connectivity index (χ1n) is 12.3. The van der Waals surface area contributed by atoms with E-state index in [2.05, 4.69) is 40.7 Å². The first-order chi connectivity index (χ1) is 13.3. The summed E-state index contributed by atoms with van der Waals surface area (Å²) in [5.74, 6) is 2.78. The predicted octanol–water partition coefficient (Wildman–Crippen LogP) is 7.45. The number of allylic oxidation sites excluding steroid dienone is 4. The summed E-state index contributed by atoms with van der Waals surface area (Å²) in [4.78, 5) is 0. The topological polar surface area (TPSA) is 20.2 Å². The van der Waals surface area contributed by atoms with Crippen molar-refractivity contribution < 1.29 is 5.11 Å². The second kappa shape index (κ2) is 7.60. The summed E-state index contributed by atoms with van der Waals surface area (Å²) >= 11 is 0. The smallest absolute Gasteiger partial charge is 0.0576 e. The normalized spacial score (nSPS) is 43.8. The molecule has 4 aliphatic carbocycles. The maximum Gasteiger partial charge on any atom is 0.0576 e.